The van der Waals surface area contributed by atoms with Crippen LogP contribution in [0.25, 0.3) is 11.4 Å². The Kier molecular flexibility index (Phi) is 2.85. The summed E-state index contributed by atoms with van der Waals surface area (Å²) in [6.07, 6.45) is 5.36. The van der Waals surface area contributed by atoms with Crippen molar-refractivity contribution in [3.05, 3.63) is 22.2 Å². The molecule has 5 nitrogen and oxygen atoms in total. The lowest BCUT2D eigenvalue weighted by Gasteiger charge is -1.99. The summed E-state index contributed by atoms with van der Waals surface area (Å²) in [6.45, 7) is 2.86. The van der Waals surface area contributed by atoms with Gasteiger partial charge in [-0.05, 0) is 29.5 Å². The van der Waals surface area contributed by atoms with Crippen molar-refractivity contribution in [2.45, 2.75) is 13.5 Å². The summed E-state index contributed by atoms with van der Waals surface area (Å²) in [6, 6.07) is 0. The molecule has 0 aliphatic rings. The Balaban J connectivity index is 2.40. The van der Waals surface area contributed by atoms with Crippen molar-refractivity contribution in [2.75, 3.05) is 5.73 Å². The molecule has 0 fully saturated rings. The first kappa shape index (κ1) is 10.3. The van der Waals surface area contributed by atoms with Crippen LogP contribution >= 0.6 is 22.6 Å². The van der Waals surface area contributed by atoms with Gasteiger partial charge in [0.05, 0.1) is 15.3 Å². The average molecular weight is 315 g/mol. The van der Waals surface area contributed by atoms with E-state index < -0.39 is 0 Å². The SMILES string of the molecule is CCn1cc(-c2ncc(I)c(N)n2)cn1. The van der Waals surface area contributed by atoms with E-state index in [2.05, 4.69) is 37.7 Å². The first-order chi connectivity index (χ1) is 7.20. The number of hydrogen-bond donors (Lipinski definition) is 1. The third-order valence-corrected chi connectivity index (χ3v) is 2.82. The molecule has 2 aromatic heterocycles. The van der Waals surface area contributed by atoms with Crippen molar-refractivity contribution >= 4 is 28.4 Å². The fourth-order valence-electron chi connectivity index (χ4n) is 1.17. The Morgan fingerprint density at radius 2 is 2.27 bits per heavy atom. The van der Waals surface area contributed by atoms with Crippen molar-refractivity contribution in [1.29, 1.82) is 0 Å². The lowest BCUT2D eigenvalue weighted by Crippen LogP contribution is -1.97. The highest BCUT2D eigenvalue weighted by Gasteiger charge is 2.06. The van der Waals surface area contributed by atoms with Crippen LogP contribution in [0.3, 0.4) is 0 Å². The second kappa shape index (κ2) is 4.13. The third kappa shape index (κ3) is 2.09. The van der Waals surface area contributed by atoms with E-state index in [-0.39, 0.29) is 0 Å². The van der Waals surface area contributed by atoms with Crippen molar-refractivity contribution < 1.29 is 0 Å². The normalized spacial score (nSPS) is 10.5. The maximum atomic E-state index is 5.71. The molecule has 0 amide bonds. The molecule has 2 N–H and O–H groups in total. The van der Waals surface area contributed by atoms with E-state index in [4.69, 9.17) is 5.73 Å². The molecule has 0 aromatic carbocycles. The lowest BCUT2D eigenvalue weighted by molar-refractivity contribution is 0.660. The number of nitrogens with zero attached hydrogens (tertiary/aromatic N) is 4. The second-order valence-corrected chi connectivity index (χ2v) is 4.17. The van der Waals surface area contributed by atoms with Gasteiger partial charge in [-0.25, -0.2) is 9.97 Å². The quantitative estimate of drug-likeness (QED) is 0.854. The number of aryl methyl sites for hydroxylation is 1. The molecule has 0 spiro atoms. The fourth-order valence-corrected chi connectivity index (χ4v) is 1.43. The highest BCUT2D eigenvalue weighted by molar-refractivity contribution is 14.1. The third-order valence-electron chi connectivity index (χ3n) is 1.99. The zero-order valence-corrected chi connectivity index (χ0v) is 10.3. The van der Waals surface area contributed by atoms with Gasteiger partial charge < -0.3 is 5.73 Å². The Bertz CT molecular complexity index is 479. The van der Waals surface area contributed by atoms with Crippen molar-refractivity contribution in [2.24, 2.45) is 0 Å². The van der Waals surface area contributed by atoms with Crippen molar-refractivity contribution in [3.63, 3.8) is 0 Å². The summed E-state index contributed by atoms with van der Waals surface area (Å²) in [5.74, 6) is 1.12. The van der Waals surface area contributed by atoms with E-state index >= 15 is 0 Å². The average Bonchev–Trinajstić information content (AvgIpc) is 2.70. The van der Waals surface area contributed by atoms with Gasteiger partial charge in [0.2, 0.25) is 0 Å². The van der Waals surface area contributed by atoms with E-state index in [1.165, 1.54) is 0 Å². The minimum atomic E-state index is 0.504. The van der Waals surface area contributed by atoms with Crippen molar-refractivity contribution in [3.8, 4) is 11.4 Å². The summed E-state index contributed by atoms with van der Waals surface area (Å²) in [5, 5.41) is 4.16. The zero-order chi connectivity index (χ0) is 10.8. The Labute approximate surface area is 101 Å². The molecule has 6 heteroatoms. The van der Waals surface area contributed by atoms with E-state index in [1.807, 2.05) is 17.8 Å². The van der Waals surface area contributed by atoms with E-state index in [9.17, 15) is 0 Å². The molecule has 0 unspecified atom stereocenters. The van der Waals surface area contributed by atoms with Gasteiger partial charge >= 0.3 is 0 Å². The number of nitrogens with two attached hydrogens (primary N) is 1. The molecule has 15 heavy (non-hydrogen) atoms. The number of anilines is 1. The van der Waals surface area contributed by atoms with Crippen molar-refractivity contribution in [1.82, 2.24) is 19.7 Å². The molecule has 0 aliphatic heterocycles. The van der Waals surface area contributed by atoms with Crippen LogP contribution in [0.4, 0.5) is 5.82 Å². The fraction of sp³-hybridized carbons (Fsp3) is 0.222. The van der Waals surface area contributed by atoms with E-state index in [0.29, 0.717) is 11.6 Å². The van der Waals surface area contributed by atoms with Gasteiger partial charge in [-0.1, -0.05) is 0 Å². The lowest BCUT2D eigenvalue weighted by atomic mass is 10.3. The zero-order valence-electron chi connectivity index (χ0n) is 8.18. The number of rotatable bonds is 2. The minimum absolute atomic E-state index is 0.504. The van der Waals surface area contributed by atoms with Crippen LogP contribution in [-0.4, -0.2) is 19.7 Å². The highest BCUT2D eigenvalue weighted by Crippen LogP contribution is 2.17. The second-order valence-electron chi connectivity index (χ2n) is 3.01. The molecule has 0 saturated carbocycles. The Morgan fingerprint density at radius 3 is 2.87 bits per heavy atom. The highest BCUT2D eigenvalue weighted by atomic mass is 127. The van der Waals surface area contributed by atoms with Gasteiger partial charge in [0.25, 0.3) is 0 Å². The van der Waals surface area contributed by atoms with Gasteiger partial charge in [-0.2, -0.15) is 5.10 Å². The molecule has 0 saturated heterocycles. The maximum Gasteiger partial charge on any atom is 0.164 e. The molecule has 0 atom stereocenters. The van der Waals surface area contributed by atoms with Gasteiger partial charge in [-0.3, -0.25) is 4.68 Å². The molecule has 2 heterocycles. The smallest absolute Gasteiger partial charge is 0.164 e. The molecular formula is C9H10IN5. The first-order valence-corrected chi connectivity index (χ1v) is 5.59. The number of hydrogen-bond acceptors (Lipinski definition) is 4. The largest absolute Gasteiger partial charge is 0.383 e. The molecule has 0 bridgehead atoms. The van der Waals surface area contributed by atoms with Crippen LogP contribution in [0.15, 0.2) is 18.6 Å². The molecule has 2 aromatic rings. The van der Waals surface area contributed by atoms with E-state index in [0.717, 1.165) is 15.7 Å². The van der Waals surface area contributed by atoms with Crippen LogP contribution in [0.2, 0.25) is 0 Å². The standard InChI is InChI=1S/C9H10IN5/c1-2-15-5-6(3-13-15)9-12-4-7(10)8(11)14-9/h3-5H,2H2,1H3,(H2,11,12,14). The Hall–Kier alpha value is -1.18. The van der Waals surface area contributed by atoms with Crippen LogP contribution in [0, 0.1) is 3.57 Å². The van der Waals surface area contributed by atoms with E-state index in [1.54, 1.807) is 12.4 Å². The molecular weight excluding hydrogens is 305 g/mol. The van der Waals surface area contributed by atoms with Gasteiger partial charge in [-0.15, -0.1) is 0 Å². The minimum Gasteiger partial charge on any atom is -0.383 e. The monoisotopic (exact) mass is 315 g/mol. The molecule has 0 aliphatic carbocycles. The number of nitrogen functional groups attached to an aromatic ring is 1. The summed E-state index contributed by atoms with van der Waals surface area (Å²) in [5.41, 5.74) is 6.60. The molecule has 0 radical (unpaired) electrons. The maximum absolute atomic E-state index is 5.71. The summed E-state index contributed by atoms with van der Waals surface area (Å²) in [4.78, 5) is 8.40. The molecule has 78 valence electrons. The van der Waals surface area contributed by atoms with Gasteiger partial charge in [0.1, 0.15) is 5.82 Å². The topological polar surface area (TPSA) is 69.6 Å². The van der Waals surface area contributed by atoms with Crippen LogP contribution in [-0.2, 0) is 6.54 Å². The van der Waals surface area contributed by atoms with Gasteiger partial charge in [0, 0.05) is 18.9 Å². The predicted molar refractivity (Wildman–Crippen MR) is 66.1 cm³/mol. The summed E-state index contributed by atoms with van der Waals surface area (Å²) >= 11 is 2.10. The van der Waals surface area contributed by atoms with Gasteiger partial charge in [0.15, 0.2) is 5.82 Å². The predicted octanol–water partition coefficient (Wildman–Crippen LogP) is 1.55. The van der Waals surface area contributed by atoms with Crippen LogP contribution in [0.1, 0.15) is 6.92 Å². The van der Waals surface area contributed by atoms with Crippen LogP contribution < -0.4 is 5.73 Å². The summed E-state index contributed by atoms with van der Waals surface area (Å²) < 4.78 is 2.69. The summed E-state index contributed by atoms with van der Waals surface area (Å²) in [7, 11) is 0. The Morgan fingerprint density at radius 1 is 1.47 bits per heavy atom. The molecule has 2 rings (SSSR count). The number of halogens is 1. The van der Waals surface area contributed by atoms with Crippen LogP contribution in [0.5, 0.6) is 0 Å². The number of aromatic nitrogens is 4. The first-order valence-electron chi connectivity index (χ1n) is 4.51.